The lowest BCUT2D eigenvalue weighted by Gasteiger charge is -2.07. The van der Waals surface area contributed by atoms with Gasteiger partial charge in [0.25, 0.3) is 5.91 Å². The van der Waals surface area contributed by atoms with Gasteiger partial charge in [-0.2, -0.15) is 0 Å². The molecular formula is C14H10ClF2NO. The van der Waals surface area contributed by atoms with Gasteiger partial charge in [-0.3, -0.25) is 4.79 Å². The second kappa shape index (κ2) is 5.80. The fourth-order valence-corrected chi connectivity index (χ4v) is 1.81. The van der Waals surface area contributed by atoms with Crippen LogP contribution in [0.4, 0.5) is 8.78 Å². The van der Waals surface area contributed by atoms with Gasteiger partial charge in [-0.25, -0.2) is 8.78 Å². The molecule has 0 aromatic heterocycles. The van der Waals surface area contributed by atoms with Crippen molar-refractivity contribution in [1.82, 2.24) is 5.32 Å². The highest BCUT2D eigenvalue weighted by atomic mass is 35.5. The predicted molar refractivity (Wildman–Crippen MR) is 69.0 cm³/mol. The van der Waals surface area contributed by atoms with Crippen molar-refractivity contribution in [3.05, 3.63) is 70.2 Å². The molecule has 0 saturated heterocycles. The maximum Gasteiger partial charge on any atom is 0.253 e. The van der Waals surface area contributed by atoms with Gasteiger partial charge in [-0.05, 0) is 17.7 Å². The molecule has 0 unspecified atom stereocenters. The minimum atomic E-state index is -1.10. The number of halogens is 3. The average Bonchev–Trinajstić information content (AvgIpc) is 2.41. The lowest BCUT2D eigenvalue weighted by Crippen LogP contribution is -2.23. The van der Waals surface area contributed by atoms with E-state index in [2.05, 4.69) is 5.32 Å². The summed E-state index contributed by atoms with van der Waals surface area (Å²) in [4.78, 5) is 11.8. The fourth-order valence-electron chi connectivity index (χ4n) is 1.57. The molecule has 0 aliphatic carbocycles. The number of hydrogen-bond donors (Lipinski definition) is 1. The summed E-state index contributed by atoms with van der Waals surface area (Å²) >= 11 is 5.71. The monoisotopic (exact) mass is 281 g/mol. The van der Waals surface area contributed by atoms with Gasteiger partial charge < -0.3 is 5.32 Å². The molecule has 0 aliphatic rings. The Morgan fingerprint density at radius 3 is 2.42 bits per heavy atom. The Hall–Kier alpha value is -1.94. The minimum Gasteiger partial charge on any atom is -0.348 e. The van der Waals surface area contributed by atoms with Gasteiger partial charge in [0.2, 0.25) is 0 Å². The SMILES string of the molecule is O=C(NCc1ccccc1)c1cc(F)c(F)cc1Cl. The summed E-state index contributed by atoms with van der Waals surface area (Å²) in [6.45, 7) is 0.287. The van der Waals surface area contributed by atoms with Crippen LogP contribution in [-0.2, 0) is 6.54 Å². The Morgan fingerprint density at radius 2 is 1.74 bits per heavy atom. The lowest BCUT2D eigenvalue weighted by atomic mass is 10.2. The van der Waals surface area contributed by atoms with E-state index in [0.717, 1.165) is 17.7 Å². The van der Waals surface area contributed by atoms with Crippen molar-refractivity contribution in [2.45, 2.75) is 6.54 Å². The number of amides is 1. The van der Waals surface area contributed by atoms with Crippen LogP contribution in [-0.4, -0.2) is 5.91 Å². The average molecular weight is 282 g/mol. The molecule has 0 aliphatic heterocycles. The van der Waals surface area contributed by atoms with Crippen molar-refractivity contribution in [3.63, 3.8) is 0 Å². The first kappa shape index (κ1) is 13.5. The zero-order valence-corrected chi connectivity index (χ0v) is 10.5. The van der Waals surface area contributed by atoms with Crippen molar-refractivity contribution in [1.29, 1.82) is 0 Å². The third-order valence-electron chi connectivity index (χ3n) is 2.55. The molecule has 0 radical (unpaired) electrons. The van der Waals surface area contributed by atoms with E-state index in [1.54, 1.807) is 0 Å². The highest BCUT2D eigenvalue weighted by molar-refractivity contribution is 6.33. The molecule has 0 bridgehead atoms. The van der Waals surface area contributed by atoms with E-state index in [1.807, 2.05) is 30.3 Å². The molecule has 5 heteroatoms. The van der Waals surface area contributed by atoms with Crippen LogP contribution in [0.25, 0.3) is 0 Å². The Labute approximate surface area is 114 Å². The van der Waals surface area contributed by atoms with Crippen molar-refractivity contribution in [3.8, 4) is 0 Å². The van der Waals surface area contributed by atoms with Crippen LogP contribution < -0.4 is 5.32 Å². The summed E-state index contributed by atoms with van der Waals surface area (Å²) in [5.41, 5.74) is 0.811. The largest absolute Gasteiger partial charge is 0.348 e. The smallest absolute Gasteiger partial charge is 0.253 e. The number of benzene rings is 2. The van der Waals surface area contributed by atoms with Crippen LogP contribution in [0.2, 0.25) is 5.02 Å². The molecule has 0 fully saturated rings. The molecule has 19 heavy (non-hydrogen) atoms. The third kappa shape index (κ3) is 3.29. The molecule has 2 rings (SSSR count). The summed E-state index contributed by atoms with van der Waals surface area (Å²) in [6.07, 6.45) is 0. The molecule has 0 saturated carbocycles. The number of hydrogen-bond acceptors (Lipinski definition) is 1. The summed E-state index contributed by atoms with van der Waals surface area (Å²) in [7, 11) is 0. The van der Waals surface area contributed by atoms with Crippen molar-refractivity contribution < 1.29 is 13.6 Å². The second-order valence-corrected chi connectivity index (χ2v) is 4.32. The lowest BCUT2D eigenvalue weighted by molar-refractivity contribution is 0.0950. The zero-order chi connectivity index (χ0) is 13.8. The Bertz CT molecular complexity index is 602. The van der Waals surface area contributed by atoms with Crippen LogP contribution in [0.3, 0.4) is 0 Å². The molecule has 1 N–H and O–H groups in total. The highest BCUT2D eigenvalue weighted by Crippen LogP contribution is 2.20. The first-order valence-electron chi connectivity index (χ1n) is 5.54. The van der Waals surface area contributed by atoms with Crippen LogP contribution >= 0.6 is 11.6 Å². The number of nitrogens with one attached hydrogen (secondary N) is 1. The molecule has 0 atom stereocenters. The quantitative estimate of drug-likeness (QED) is 0.857. The molecule has 0 spiro atoms. The van der Waals surface area contributed by atoms with Gasteiger partial charge >= 0.3 is 0 Å². The maximum absolute atomic E-state index is 13.1. The molecule has 2 aromatic rings. The fraction of sp³-hybridized carbons (Fsp3) is 0.0714. The summed E-state index contributed by atoms with van der Waals surface area (Å²) < 4.78 is 26.0. The summed E-state index contributed by atoms with van der Waals surface area (Å²) in [5, 5.41) is 2.47. The first-order chi connectivity index (χ1) is 9.08. The van der Waals surface area contributed by atoms with Crippen molar-refractivity contribution in [2.24, 2.45) is 0 Å². The standard InChI is InChI=1S/C14H10ClF2NO/c15-11-7-13(17)12(16)6-10(11)14(19)18-8-9-4-2-1-3-5-9/h1-7H,8H2,(H,18,19). The zero-order valence-electron chi connectivity index (χ0n) is 9.79. The third-order valence-corrected chi connectivity index (χ3v) is 2.86. The van der Waals surface area contributed by atoms with Gasteiger partial charge in [0.1, 0.15) is 0 Å². The number of carbonyl (C=O) groups is 1. The second-order valence-electron chi connectivity index (χ2n) is 3.91. The first-order valence-corrected chi connectivity index (χ1v) is 5.92. The molecule has 2 aromatic carbocycles. The topological polar surface area (TPSA) is 29.1 Å². The van der Waals surface area contributed by atoms with Crippen molar-refractivity contribution in [2.75, 3.05) is 0 Å². The normalized spacial score (nSPS) is 10.3. The predicted octanol–water partition coefficient (Wildman–Crippen LogP) is 3.55. The number of carbonyl (C=O) groups excluding carboxylic acids is 1. The Kier molecular flexibility index (Phi) is 4.12. The molecule has 1 amide bonds. The van der Waals surface area contributed by atoms with E-state index >= 15 is 0 Å². The van der Waals surface area contributed by atoms with Crippen LogP contribution in [0.5, 0.6) is 0 Å². The van der Waals surface area contributed by atoms with E-state index in [-0.39, 0.29) is 17.1 Å². The Morgan fingerprint density at radius 1 is 1.11 bits per heavy atom. The van der Waals surface area contributed by atoms with Crippen molar-refractivity contribution >= 4 is 17.5 Å². The highest BCUT2D eigenvalue weighted by Gasteiger charge is 2.14. The molecule has 98 valence electrons. The van der Waals surface area contributed by atoms with Gasteiger partial charge in [0.05, 0.1) is 10.6 Å². The number of rotatable bonds is 3. The minimum absolute atomic E-state index is 0.0866. The van der Waals surface area contributed by atoms with E-state index in [1.165, 1.54) is 0 Å². The van der Waals surface area contributed by atoms with Gasteiger partial charge in [0.15, 0.2) is 11.6 Å². The van der Waals surface area contributed by atoms with E-state index in [4.69, 9.17) is 11.6 Å². The van der Waals surface area contributed by atoms with Gasteiger partial charge in [-0.1, -0.05) is 41.9 Å². The maximum atomic E-state index is 13.1. The summed E-state index contributed by atoms with van der Waals surface area (Å²) in [5.74, 6) is -2.73. The van der Waals surface area contributed by atoms with E-state index in [0.29, 0.717) is 0 Å². The van der Waals surface area contributed by atoms with Gasteiger partial charge in [0, 0.05) is 6.54 Å². The van der Waals surface area contributed by atoms with E-state index < -0.39 is 17.5 Å². The van der Waals surface area contributed by atoms with Crippen LogP contribution in [0.1, 0.15) is 15.9 Å². The molecular weight excluding hydrogens is 272 g/mol. The van der Waals surface area contributed by atoms with Gasteiger partial charge in [-0.15, -0.1) is 0 Å². The van der Waals surface area contributed by atoms with Crippen LogP contribution in [0.15, 0.2) is 42.5 Å². The Balaban J connectivity index is 2.10. The summed E-state index contributed by atoms with van der Waals surface area (Å²) in [6, 6.07) is 10.8. The van der Waals surface area contributed by atoms with E-state index in [9.17, 15) is 13.6 Å². The van der Waals surface area contributed by atoms with Crippen LogP contribution in [0, 0.1) is 11.6 Å². The molecule has 0 heterocycles. The molecule has 2 nitrogen and oxygen atoms in total.